The van der Waals surface area contributed by atoms with Crippen molar-refractivity contribution in [2.75, 3.05) is 5.32 Å². The van der Waals surface area contributed by atoms with E-state index in [1.807, 2.05) is 0 Å². The quantitative estimate of drug-likeness (QED) is 0.750. The van der Waals surface area contributed by atoms with E-state index in [1.54, 1.807) is 24.3 Å². The second-order valence-electron chi connectivity index (χ2n) is 4.11. The highest BCUT2D eigenvalue weighted by Gasteiger charge is 2.16. The Morgan fingerprint density at radius 1 is 1.20 bits per heavy atom. The normalized spacial score (nSPS) is 10.2. The van der Waals surface area contributed by atoms with Gasteiger partial charge in [0.25, 0.3) is 5.91 Å². The van der Waals surface area contributed by atoms with Crippen molar-refractivity contribution in [3.63, 3.8) is 0 Å². The summed E-state index contributed by atoms with van der Waals surface area (Å²) in [6.07, 6.45) is 0. The molecule has 4 nitrogen and oxygen atoms in total. The van der Waals surface area contributed by atoms with E-state index in [1.165, 1.54) is 6.07 Å². The number of hydrogen-bond acceptors (Lipinski definition) is 3. The summed E-state index contributed by atoms with van der Waals surface area (Å²) in [6, 6.07) is 9.64. The number of rotatable bonds is 3. The fourth-order valence-corrected chi connectivity index (χ4v) is 1.85. The van der Waals surface area contributed by atoms with E-state index in [-0.39, 0.29) is 11.0 Å². The molecule has 0 aliphatic rings. The highest BCUT2D eigenvalue weighted by Crippen LogP contribution is 2.16. The second kappa shape index (κ2) is 6.05. The standard InChI is InChI=1S/C13H10BClFNO3/c15-10-2-1-3-12(7-10)17-13(18)8-4-9(14(19)20)6-11(16)5-8/h1-7,19-20H,(H,17,18). The fraction of sp³-hybridized carbons (Fsp3) is 0. The van der Waals surface area contributed by atoms with Gasteiger partial charge in [-0.2, -0.15) is 0 Å². The molecule has 0 bridgehead atoms. The van der Waals surface area contributed by atoms with Crippen LogP contribution in [0.3, 0.4) is 0 Å². The molecule has 2 rings (SSSR count). The summed E-state index contributed by atoms with van der Waals surface area (Å²) in [6.45, 7) is 0. The second-order valence-corrected chi connectivity index (χ2v) is 4.55. The van der Waals surface area contributed by atoms with E-state index in [0.717, 1.165) is 12.1 Å². The Bertz CT molecular complexity index is 651. The van der Waals surface area contributed by atoms with Crippen molar-refractivity contribution in [3.8, 4) is 0 Å². The number of carbonyl (C=O) groups excluding carboxylic acids is 1. The van der Waals surface area contributed by atoms with Gasteiger partial charge >= 0.3 is 7.12 Å². The molecule has 0 saturated carbocycles. The van der Waals surface area contributed by atoms with Gasteiger partial charge in [-0.05, 0) is 41.9 Å². The smallest absolute Gasteiger partial charge is 0.423 e. The largest absolute Gasteiger partial charge is 0.488 e. The molecule has 0 aliphatic carbocycles. The Hall–Kier alpha value is -1.89. The highest BCUT2D eigenvalue weighted by molar-refractivity contribution is 6.58. The lowest BCUT2D eigenvalue weighted by Crippen LogP contribution is -2.31. The maximum Gasteiger partial charge on any atom is 0.488 e. The van der Waals surface area contributed by atoms with Crippen molar-refractivity contribution in [1.29, 1.82) is 0 Å². The van der Waals surface area contributed by atoms with Crippen molar-refractivity contribution < 1.29 is 19.2 Å². The van der Waals surface area contributed by atoms with E-state index >= 15 is 0 Å². The molecule has 0 unspecified atom stereocenters. The van der Waals surface area contributed by atoms with Crippen LogP contribution >= 0.6 is 11.6 Å². The molecule has 0 spiro atoms. The van der Waals surface area contributed by atoms with E-state index in [9.17, 15) is 9.18 Å². The highest BCUT2D eigenvalue weighted by atomic mass is 35.5. The van der Waals surface area contributed by atoms with Crippen LogP contribution in [0.25, 0.3) is 0 Å². The Balaban J connectivity index is 2.25. The number of amides is 1. The number of carbonyl (C=O) groups is 1. The molecule has 102 valence electrons. The molecule has 0 fully saturated rings. The van der Waals surface area contributed by atoms with Gasteiger partial charge in [-0.3, -0.25) is 4.79 Å². The molecule has 0 aliphatic heterocycles. The Kier molecular flexibility index (Phi) is 4.39. The maximum absolute atomic E-state index is 13.3. The van der Waals surface area contributed by atoms with Gasteiger partial charge in [0.2, 0.25) is 0 Å². The first-order valence-electron chi connectivity index (χ1n) is 5.69. The van der Waals surface area contributed by atoms with Gasteiger partial charge in [0.15, 0.2) is 0 Å². The molecule has 0 heterocycles. The van der Waals surface area contributed by atoms with Crippen molar-refractivity contribution in [3.05, 3.63) is 58.9 Å². The summed E-state index contributed by atoms with van der Waals surface area (Å²) in [5, 5.41) is 21.0. The molecule has 0 atom stereocenters. The minimum Gasteiger partial charge on any atom is -0.423 e. The monoisotopic (exact) mass is 293 g/mol. The van der Waals surface area contributed by atoms with Crippen molar-refractivity contribution in [2.45, 2.75) is 0 Å². The van der Waals surface area contributed by atoms with Gasteiger partial charge < -0.3 is 15.4 Å². The van der Waals surface area contributed by atoms with Gasteiger partial charge in [0.05, 0.1) is 0 Å². The lowest BCUT2D eigenvalue weighted by molar-refractivity contribution is 0.102. The van der Waals surface area contributed by atoms with Crippen LogP contribution < -0.4 is 10.8 Å². The molecule has 0 radical (unpaired) electrons. The first kappa shape index (κ1) is 14.5. The fourth-order valence-electron chi connectivity index (χ4n) is 1.66. The van der Waals surface area contributed by atoms with Crippen LogP contribution in [0.4, 0.5) is 10.1 Å². The average molecular weight is 293 g/mol. The molecule has 0 saturated heterocycles. The summed E-state index contributed by atoms with van der Waals surface area (Å²) in [5.74, 6) is -1.31. The first-order chi connectivity index (χ1) is 9.45. The minimum atomic E-state index is -1.84. The van der Waals surface area contributed by atoms with Gasteiger partial charge in [0, 0.05) is 16.3 Å². The van der Waals surface area contributed by atoms with Crippen LogP contribution in [-0.2, 0) is 0 Å². The third-order valence-electron chi connectivity index (χ3n) is 2.56. The molecule has 0 aromatic heterocycles. The zero-order chi connectivity index (χ0) is 14.7. The minimum absolute atomic E-state index is 0.0203. The summed E-state index contributed by atoms with van der Waals surface area (Å²) in [7, 11) is -1.84. The van der Waals surface area contributed by atoms with Crippen LogP contribution in [0.1, 0.15) is 10.4 Å². The molecule has 2 aromatic carbocycles. The SMILES string of the molecule is O=C(Nc1cccc(Cl)c1)c1cc(F)cc(B(O)O)c1. The number of halogens is 2. The Morgan fingerprint density at radius 2 is 1.95 bits per heavy atom. The van der Waals surface area contributed by atoms with Gasteiger partial charge in [0.1, 0.15) is 5.82 Å². The third kappa shape index (κ3) is 3.57. The van der Waals surface area contributed by atoms with E-state index in [2.05, 4.69) is 5.32 Å². The van der Waals surface area contributed by atoms with Crippen molar-refractivity contribution in [1.82, 2.24) is 0 Å². The van der Waals surface area contributed by atoms with Crippen LogP contribution in [0, 0.1) is 5.82 Å². The number of nitrogens with one attached hydrogen (secondary N) is 1. The predicted molar refractivity (Wildman–Crippen MR) is 75.6 cm³/mol. The Labute approximate surface area is 120 Å². The average Bonchev–Trinajstić information content (AvgIpc) is 2.37. The molecular weight excluding hydrogens is 283 g/mol. The lowest BCUT2D eigenvalue weighted by atomic mass is 9.79. The van der Waals surface area contributed by atoms with Crippen LogP contribution in [0.15, 0.2) is 42.5 Å². The maximum atomic E-state index is 13.3. The zero-order valence-corrected chi connectivity index (χ0v) is 10.9. The molecule has 2 aromatic rings. The first-order valence-corrected chi connectivity index (χ1v) is 6.07. The van der Waals surface area contributed by atoms with Gasteiger partial charge in [-0.25, -0.2) is 4.39 Å². The van der Waals surface area contributed by atoms with Gasteiger partial charge in [-0.15, -0.1) is 0 Å². The molecule has 3 N–H and O–H groups in total. The third-order valence-corrected chi connectivity index (χ3v) is 2.80. The van der Waals surface area contributed by atoms with E-state index < -0.39 is 18.8 Å². The van der Waals surface area contributed by atoms with Crippen LogP contribution in [0.5, 0.6) is 0 Å². The van der Waals surface area contributed by atoms with Crippen LogP contribution in [-0.4, -0.2) is 23.1 Å². The van der Waals surface area contributed by atoms with Crippen molar-refractivity contribution >= 4 is 35.8 Å². The number of hydrogen-bond donors (Lipinski definition) is 3. The molecule has 20 heavy (non-hydrogen) atoms. The summed E-state index contributed by atoms with van der Waals surface area (Å²) in [5.41, 5.74) is 0.340. The van der Waals surface area contributed by atoms with Crippen molar-refractivity contribution in [2.24, 2.45) is 0 Å². The molecule has 7 heteroatoms. The summed E-state index contributed by atoms with van der Waals surface area (Å²) >= 11 is 5.79. The topological polar surface area (TPSA) is 69.6 Å². The van der Waals surface area contributed by atoms with Crippen LogP contribution in [0.2, 0.25) is 5.02 Å². The lowest BCUT2D eigenvalue weighted by Gasteiger charge is -2.07. The number of benzene rings is 2. The number of anilines is 1. The Morgan fingerprint density at radius 3 is 2.60 bits per heavy atom. The molecular formula is C13H10BClFNO3. The summed E-state index contributed by atoms with van der Waals surface area (Å²) in [4.78, 5) is 12.0. The predicted octanol–water partition coefficient (Wildman–Crippen LogP) is 1.41. The van der Waals surface area contributed by atoms with Gasteiger partial charge in [-0.1, -0.05) is 17.7 Å². The van der Waals surface area contributed by atoms with E-state index in [0.29, 0.717) is 10.7 Å². The van der Waals surface area contributed by atoms with E-state index in [4.69, 9.17) is 21.6 Å². The molecule has 1 amide bonds. The zero-order valence-electron chi connectivity index (χ0n) is 10.2. The summed E-state index contributed by atoms with van der Waals surface area (Å²) < 4.78 is 13.3.